The maximum Gasteiger partial charge on any atom is 0.421 e. The van der Waals surface area contributed by atoms with E-state index in [1.165, 1.54) is 22.9 Å². The predicted octanol–water partition coefficient (Wildman–Crippen LogP) is 10.0. The van der Waals surface area contributed by atoms with E-state index in [1.807, 2.05) is 4.90 Å². The third-order valence-corrected chi connectivity index (χ3v) is 17.6. The number of aliphatic hydroxyl groups is 2. The first-order valence-electron chi connectivity index (χ1n) is 23.6. The SMILES string of the molecule is CCc1c(-c2ccc(C(C)(O)C(F)(F)F)cc2Cl)cc(F)c(C=O)c1F.CCc1c(-c2ccc(C(C)(O)C(F)(F)F)cc2Cl)cc(F)c(CN2CC3CCC(C2)N3S(C)(=O)=O)c1F.CS(=O)(=O)N1C2CCC1CNC2. The van der Waals surface area contributed by atoms with Crippen LogP contribution in [0.25, 0.3) is 22.3 Å². The largest absolute Gasteiger partial charge is 0.421 e. The summed E-state index contributed by atoms with van der Waals surface area (Å²) in [6.07, 6.45) is -3.67. The molecule has 0 aromatic heterocycles. The Labute approximate surface area is 438 Å². The van der Waals surface area contributed by atoms with Crippen molar-refractivity contribution < 1.29 is 75.7 Å². The number of piperazine rings is 2. The van der Waals surface area contributed by atoms with Crippen molar-refractivity contribution in [3.8, 4) is 22.3 Å². The number of hydrogen-bond donors (Lipinski definition) is 3. The number of hydrogen-bond acceptors (Lipinski definition) is 9. The Morgan fingerprint density at radius 3 is 1.36 bits per heavy atom. The summed E-state index contributed by atoms with van der Waals surface area (Å²) in [5, 5.41) is 22.5. The topological polar surface area (TPSA) is 148 Å². The van der Waals surface area contributed by atoms with E-state index in [2.05, 4.69) is 5.32 Å². The van der Waals surface area contributed by atoms with E-state index >= 15 is 8.78 Å². The molecular weight excluding hydrogens is 1090 g/mol. The van der Waals surface area contributed by atoms with Gasteiger partial charge in [-0.05, 0) is 110 Å². The van der Waals surface area contributed by atoms with Crippen molar-refractivity contribution >= 4 is 49.5 Å². The molecule has 0 radical (unpaired) electrons. The number of carbonyl (C=O) groups excluding carboxylic acids is 1. The monoisotopic (exact) mass is 1150 g/mol. The van der Waals surface area contributed by atoms with Gasteiger partial charge in [-0.25, -0.2) is 34.4 Å². The zero-order valence-electron chi connectivity index (χ0n) is 41.4. The molecule has 4 saturated heterocycles. The summed E-state index contributed by atoms with van der Waals surface area (Å²) in [5.74, 6) is -3.74. The van der Waals surface area contributed by atoms with E-state index in [-0.39, 0.29) is 98.8 Å². The number of likely N-dealkylation sites (tertiary alicyclic amines) is 1. The molecule has 4 fully saturated rings. The van der Waals surface area contributed by atoms with Crippen LogP contribution in [0.15, 0.2) is 48.5 Å². The summed E-state index contributed by atoms with van der Waals surface area (Å²) in [6.45, 7) is 6.75. The lowest BCUT2D eigenvalue weighted by Crippen LogP contribution is -2.55. The Morgan fingerprint density at radius 2 is 1.00 bits per heavy atom. The standard InChI is InChI=1S/C25H28ClF5N2O3S.C18H14ClF5O2.C7H14N2O2S/c1-4-17-19(18-8-5-14(9-21(18)26)24(2,34)25(29,30)31)10-22(27)20(23(17)28)13-32-11-15-6-7-16(12-32)33(15)37(3,35)36;1-3-10-12(7-15(20)13(8-25)16(10)21)11-5-4-9(6-14(11)19)17(2,26)18(22,23)24;1-12(10,11)9-6-2-3-7(9)5-8-4-6/h5,8-10,15-16,34H,4,6-7,11-13H2,1-3H3;4-8,26H,3H2,1-2H3;6-8H,2-5H2,1H3. The minimum atomic E-state index is -4.95. The number of fused-ring (bicyclic) bond motifs is 4. The van der Waals surface area contributed by atoms with E-state index < -0.39 is 83.6 Å². The quantitative estimate of drug-likeness (QED) is 0.0987. The molecule has 0 saturated carbocycles. The molecule has 0 amide bonds. The van der Waals surface area contributed by atoms with Crippen LogP contribution in [-0.4, -0.2) is 122 Å². The number of rotatable bonds is 11. The molecule has 4 heterocycles. The van der Waals surface area contributed by atoms with Gasteiger partial charge in [0.15, 0.2) is 17.5 Å². The summed E-state index contributed by atoms with van der Waals surface area (Å²) in [5.41, 5.74) is -7.64. The molecule has 0 spiro atoms. The number of benzene rings is 4. The van der Waals surface area contributed by atoms with Crippen molar-refractivity contribution in [1.29, 1.82) is 0 Å². The minimum absolute atomic E-state index is 0.00531. The highest BCUT2D eigenvalue weighted by Crippen LogP contribution is 2.44. The second kappa shape index (κ2) is 22.4. The first kappa shape index (κ1) is 60.3. The Morgan fingerprint density at radius 1 is 0.613 bits per heavy atom. The molecule has 25 heteroatoms. The van der Waals surface area contributed by atoms with E-state index in [0.717, 1.165) is 68.4 Å². The van der Waals surface area contributed by atoms with Crippen LogP contribution in [0.1, 0.15) is 91.6 Å². The number of alkyl halides is 6. The van der Waals surface area contributed by atoms with Crippen LogP contribution in [0.4, 0.5) is 43.9 Å². The number of aldehydes is 1. The second-order valence-corrected chi connectivity index (χ2v) is 24.0. The Kier molecular flexibility index (Phi) is 18.1. The molecule has 0 aliphatic carbocycles. The smallest absolute Gasteiger partial charge is 0.376 e. The first-order chi connectivity index (χ1) is 34.6. The zero-order valence-corrected chi connectivity index (χ0v) is 44.6. The zero-order chi connectivity index (χ0) is 56.1. The molecular formula is C50H56Cl2F10N4O7S2. The van der Waals surface area contributed by atoms with Gasteiger partial charge in [0.05, 0.1) is 18.1 Å². The summed E-state index contributed by atoms with van der Waals surface area (Å²) >= 11 is 12.3. The number of halogens is 12. The van der Waals surface area contributed by atoms with E-state index in [1.54, 1.807) is 18.2 Å². The van der Waals surface area contributed by atoms with Gasteiger partial charge < -0.3 is 15.5 Å². The summed E-state index contributed by atoms with van der Waals surface area (Å²) in [4.78, 5) is 12.7. The van der Waals surface area contributed by atoms with Gasteiger partial charge in [-0.3, -0.25) is 9.69 Å². The molecule has 11 nitrogen and oxygen atoms in total. The van der Waals surface area contributed by atoms with Crippen molar-refractivity contribution in [2.75, 3.05) is 38.7 Å². The molecule has 4 bridgehead atoms. The van der Waals surface area contributed by atoms with E-state index in [4.69, 9.17) is 23.2 Å². The fourth-order valence-corrected chi connectivity index (χ4v) is 13.8. The Balaban J connectivity index is 0.000000207. The van der Waals surface area contributed by atoms with Crippen LogP contribution < -0.4 is 5.32 Å². The van der Waals surface area contributed by atoms with Crippen molar-refractivity contribution in [2.24, 2.45) is 0 Å². The van der Waals surface area contributed by atoms with E-state index in [0.29, 0.717) is 39.8 Å². The van der Waals surface area contributed by atoms with Crippen molar-refractivity contribution in [1.82, 2.24) is 18.8 Å². The van der Waals surface area contributed by atoms with Crippen LogP contribution in [-0.2, 0) is 50.6 Å². The molecule has 4 aromatic rings. The number of sulfonamides is 2. The lowest BCUT2D eigenvalue weighted by atomic mass is 9.90. The molecule has 414 valence electrons. The van der Waals surface area contributed by atoms with Crippen molar-refractivity contribution in [3.05, 3.63) is 115 Å². The van der Waals surface area contributed by atoms with Gasteiger partial charge in [0.25, 0.3) is 0 Å². The van der Waals surface area contributed by atoms with Gasteiger partial charge in [0.2, 0.25) is 20.0 Å². The highest BCUT2D eigenvalue weighted by molar-refractivity contribution is 7.88. The molecule has 4 aliphatic rings. The number of nitrogens with zero attached hydrogens (tertiary/aromatic N) is 3. The fourth-order valence-electron chi connectivity index (χ4n) is 10.3. The van der Waals surface area contributed by atoms with Crippen LogP contribution in [0.3, 0.4) is 0 Å². The third kappa shape index (κ3) is 12.4. The maximum atomic E-state index is 15.7. The predicted molar refractivity (Wildman–Crippen MR) is 264 cm³/mol. The van der Waals surface area contributed by atoms with Crippen LogP contribution in [0, 0.1) is 23.3 Å². The minimum Gasteiger partial charge on any atom is -0.376 e. The Bertz CT molecular complexity index is 3010. The van der Waals surface area contributed by atoms with Gasteiger partial charge in [-0.15, -0.1) is 0 Å². The van der Waals surface area contributed by atoms with Gasteiger partial charge in [-0.1, -0.05) is 61.3 Å². The number of carbonyl (C=O) groups is 1. The molecule has 4 aromatic carbocycles. The van der Waals surface area contributed by atoms with Gasteiger partial charge >= 0.3 is 12.4 Å². The van der Waals surface area contributed by atoms with Crippen molar-refractivity contribution in [2.45, 2.75) is 120 Å². The van der Waals surface area contributed by atoms with Crippen LogP contribution in [0.5, 0.6) is 0 Å². The molecule has 75 heavy (non-hydrogen) atoms. The van der Waals surface area contributed by atoms with E-state index in [9.17, 15) is 67.0 Å². The second-order valence-electron chi connectivity index (χ2n) is 19.5. The normalized spacial score (nSPS) is 22.1. The summed E-state index contributed by atoms with van der Waals surface area (Å²) in [6, 6.07) is 8.23. The van der Waals surface area contributed by atoms with Gasteiger partial charge in [0, 0.05) is 83.6 Å². The average Bonchev–Trinajstić information content (AvgIpc) is 3.75. The lowest BCUT2D eigenvalue weighted by Gasteiger charge is -2.39. The van der Waals surface area contributed by atoms with Crippen LogP contribution >= 0.6 is 23.2 Å². The molecule has 4 aliphatic heterocycles. The fraction of sp³-hybridized carbons (Fsp3) is 0.500. The molecule has 8 rings (SSSR count). The summed E-state index contributed by atoms with van der Waals surface area (Å²) in [7, 11) is -6.35. The van der Waals surface area contributed by atoms with Gasteiger partial charge in [-0.2, -0.15) is 35.0 Å². The third-order valence-electron chi connectivity index (χ3n) is 14.3. The first-order valence-corrected chi connectivity index (χ1v) is 28.1. The molecule has 6 atom stereocenters. The summed E-state index contributed by atoms with van der Waals surface area (Å²) < 4.78 is 188. The van der Waals surface area contributed by atoms with Crippen molar-refractivity contribution in [3.63, 3.8) is 0 Å². The van der Waals surface area contributed by atoms with Gasteiger partial charge in [0.1, 0.15) is 23.3 Å². The Hall–Kier alpha value is -3.91. The number of nitrogens with one attached hydrogen (secondary N) is 1. The molecule has 3 N–H and O–H groups in total. The maximum absolute atomic E-state index is 15.7. The highest BCUT2D eigenvalue weighted by Gasteiger charge is 2.52. The highest BCUT2D eigenvalue weighted by atomic mass is 35.5. The lowest BCUT2D eigenvalue weighted by molar-refractivity contribution is -0.259. The molecule has 6 unspecified atom stereocenters. The van der Waals surface area contributed by atoms with Crippen LogP contribution in [0.2, 0.25) is 10.0 Å². The average molecular weight is 1150 g/mol.